The Labute approximate surface area is 178 Å². The number of aliphatic hydroxyl groups excluding tert-OH is 1. The summed E-state index contributed by atoms with van der Waals surface area (Å²) in [5.41, 5.74) is 10.9. The molecule has 12 heteroatoms. The maximum Gasteiger partial charge on any atom is 0.326 e. The van der Waals surface area contributed by atoms with Crippen molar-refractivity contribution in [2.24, 2.45) is 11.5 Å². The number of benzene rings is 1. The molecule has 0 bridgehead atoms. The topological polar surface area (TPSA) is 214 Å². The minimum Gasteiger partial charge on any atom is -0.480 e. The highest BCUT2D eigenvalue weighted by Crippen LogP contribution is 2.06. The number of carbonyl (C=O) groups is 5. The van der Waals surface area contributed by atoms with Gasteiger partial charge in [0, 0.05) is 6.42 Å². The van der Waals surface area contributed by atoms with E-state index in [-0.39, 0.29) is 6.42 Å². The number of carboxylic acid groups (broad SMARTS) is 1. The lowest BCUT2D eigenvalue weighted by atomic mass is 10.0. The van der Waals surface area contributed by atoms with Gasteiger partial charge in [0.25, 0.3) is 0 Å². The van der Waals surface area contributed by atoms with Crippen LogP contribution in [0, 0.1) is 0 Å². The van der Waals surface area contributed by atoms with Gasteiger partial charge in [0.05, 0.1) is 19.1 Å². The van der Waals surface area contributed by atoms with Gasteiger partial charge < -0.3 is 37.6 Å². The molecular weight excluding hydrogens is 410 g/mol. The molecule has 0 aliphatic rings. The van der Waals surface area contributed by atoms with Crippen LogP contribution in [0.1, 0.15) is 18.9 Å². The summed E-state index contributed by atoms with van der Waals surface area (Å²) in [5, 5.41) is 25.9. The first kappa shape index (κ1) is 25.5. The van der Waals surface area contributed by atoms with E-state index >= 15 is 0 Å². The summed E-state index contributed by atoms with van der Waals surface area (Å²) in [4.78, 5) is 59.3. The number of aliphatic carboxylic acids is 1. The van der Waals surface area contributed by atoms with E-state index in [9.17, 15) is 34.2 Å². The van der Waals surface area contributed by atoms with Gasteiger partial charge in [-0.3, -0.25) is 19.2 Å². The van der Waals surface area contributed by atoms with E-state index in [4.69, 9.17) is 11.5 Å². The van der Waals surface area contributed by atoms with Gasteiger partial charge in [-0.1, -0.05) is 30.3 Å². The number of hydrogen-bond donors (Lipinski definition) is 7. The van der Waals surface area contributed by atoms with Crippen LogP contribution in [0.15, 0.2) is 30.3 Å². The maximum absolute atomic E-state index is 12.7. The largest absolute Gasteiger partial charge is 0.480 e. The maximum atomic E-state index is 12.7. The van der Waals surface area contributed by atoms with Gasteiger partial charge in [0.15, 0.2) is 0 Å². The van der Waals surface area contributed by atoms with Crippen LogP contribution in [0.25, 0.3) is 0 Å². The van der Waals surface area contributed by atoms with Crippen LogP contribution in [0.3, 0.4) is 0 Å². The number of aliphatic hydroxyl groups is 1. The predicted octanol–water partition coefficient (Wildman–Crippen LogP) is -3.02. The summed E-state index contributed by atoms with van der Waals surface area (Å²) in [6.07, 6.45) is -1.98. The van der Waals surface area contributed by atoms with Crippen molar-refractivity contribution in [1.82, 2.24) is 16.0 Å². The molecule has 1 aromatic carbocycles. The number of hydrogen-bond acceptors (Lipinski definition) is 7. The Morgan fingerprint density at radius 3 is 2.03 bits per heavy atom. The van der Waals surface area contributed by atoms with Crippen LogP contribution in [0.4, 0.5) is 0 Å². The minimum atomic E-state index is -1.59. The molecule has 0 saturated heterocycles. The average molecular weight is 437 g/mol. The van der Waals surface area contributed by atoms with Crippen LogP contribution in [-0.2, 0) is 30.4 Å². The molecule has 4 amide bonds. The molecule has 0 aliphatic heterocycles. The molecule has 0 spiro atoms. The molecule has 4 unspecified atom stereocenters. The van der Waals surface area contributed by atoms with E-state index < -0.39 is 66.8 Å². The summed E-state index contributed by atoms with van der Waals surface area (Å²) in [6, 6.07) is 4.27. The summed E-state index contributed by atoms with van der Waals surface area (Å²) < 4.78 is 0. The first-order valence-electron chi connectivity index (χ1n) is 9.38. The fraction of sp³-hybridized carbons (Fsp3) is 0.421. The molecule has 1 aromatic rings. The Hall–Kier alpha value is -3.51. The summed E-state index contributed by atoms with van der Waals surface area (Å²) in [7, 11) is 0. The molecule has 1 rings (SSSR count). The Kier molecular flexibility index (Phi) is 10.1. The zero-order valence-electron chi connectivity index (χ0n) is 16.9. The molecule has 0 fully saturated rings. The van der Waals surface area contributed by atoms with Crippen molar-refractivity contribution < 1.29 is 34.2 Å². The summed E-state index contributed by atoms with van der Waals surface area (Å²) >= 11 is 0. The van der Waals surface area contributed by atoms with Crippen molar-refractivity contribution in [2.75, 3.05) is 6.54 Å². The lowest BCUT2D eigenvalue weighted by Crippen LogP contribution is -2.59. The predicted molar refractivity (Wildman–Crippen MR) is 108 cm³/mol. The van der Waals surface area contributed by atoms with E-state index in [1.165, 1.54) is 6.92 Å². The third-order valence-electron chi connectivity index (χ3n) is 4.20. The number of amides is 4. The Morgan fingerprint density at radius 2 is 1.55 bits per heavy atom. The first-order valence-corrected chi connectivity index (χ1v) is 9.38. The SMILES string of the molecule is CC(O)C(NC(=O)CN)C(=O)NC(Cc1ccccc1)C(=O)NC(CC(N)=O)C(=O)O. The van der Waals surface area contributed by atoms with E-state index in [0.29, 0.717) is 5.56 Å². The van der Waals surface area contributed by atoms with Gasteiger partial charge >= 0.3 is 5.97 Å². The Bertz CT molecular complexity index is 800. The molecule has 31 heavy (non-hydrogen) atoms. The van der Waals surface area contributed by atoms with Gasteiger partial charge in [-0.05, 0) is 12.5 Å². The molecule has 0 heterocycles. The van der Waals surface area contributed by atoms with E-state index in [0.717, 1.165) is 0 Å². The molecule has 0 saturated carbocycles. The molecule has 9 N–H and O–H groups in total. The zero-order valence-corrected chi connectivity index (χ0v) is 16.9. The van der Waals surface area contributed by atoms with Crippen LogP contribution in [-0.4, -0.2) is 70.6 Å². The standard InChI is InChI=1S/C19H27N5O7/c1-10(25)16(24-15(27)9-20)18(29)22-12(7-11-5-3-2-4-6-11)17(28)23-13(19(30)31)8-14(21)26/h2-6,10,12-13,16,25H,7-9,20H2,1H3,(H2,21,26)(H,22,29)(H,23,28)(H,24,27)(H,30,31). The third kappa shape index (κ3) is 8.80. The summed E-state index contributed by atoms with van der Waals surface area (Å²) in [5.74, 6) is -4.88. The number of nitrogens with one attached hydrogen (secondary N) is 3. The average Bonchev–Trinajstić information content (AvgIpc) is 2.70. The number of carbonyl (C=O) groups excluding carboxylic acids is 4. The molecule has 0 aromatic heterocycles. The molecular formula is C19H27N5O7. The van der Waals surface area contributed by atoms with E-state index in [1.807, 2.05) is 0 Å². The second-order valence-corrected chi connectivity index (χ2v) is 6.81. The second kappa shape index (κ2) is 12.2. The van der Waals surface area contributed by atoms with Gasteiger partial charge in [-0.2, -0.15) is 0 Å². The number of rotatable bonds is 12. The molecule has 0 radical (unpaired) electrons. The van der Waals surface area contributed by atoms with Crippen molar-refractivity contribution in [3.63, 3.8) is 0 Å². The molecule has 12 nitrogen and oxygen atoms in total. The van der Waals surface area contributed by atoms with Gasteiger partial charge in [0.1, 0.15) is 18.1 Å². The number of nitrogens with two attached hydrogens (primary N) is 2. The van der Waals surface area contributed by atoms with Crippen molar-refractivity contribution in [3.8, 4) is 0 Å². The smallest absolute Gasteiger partial charge is 0.326 e. The fourth-order valence-corrected chi connectivity index (χ4v) is 2.63. The van der Waals surface area contributed by atoms with Crippen LogP contribution >= 0.6 is 0 Å². The third-order valence-corrected chi connectivity index (χ3v) is 4.20. The highest BCUT2D eigenvalue weighted by Gasteiger charge is 2.32. The highest BCUT2D eigenvalue weighted by atomic mass is 16.4. The fourth-order valence-electron chi connectivity index (χ4n) is 2.63. The highest BCUT2D eigenvalue weighted by molar-refractivity contribution is 5.94. The van der Waals surface area contributed by atoms with Crippen LogP contribution < -0.4 is 27.4 Å². The summed E-state index contributed by atoms with van der Waals surface area (Å²) in [6.45, 7) is 0.846. The minimum absolute atomic E-state index is 0.0291. The quantitative estimate of drug-likeness (QED) is 0.178. The van der Waals surface area contributed by atoms with Crippen LogP contribution in [0.5, 0.6) is 0 Å². The molecule has 170 valence electrons. The van der Waals surface area contributed by atoms with Crippen LogP contribution in [0.2, 0.25) is 0 Å². The Balaban J connectivity index is 3.08. The van der Waals surface area contributed by atoms with Crippen molar-refractivity contribution in [3.05, 3.63) is 35.9 Å². The van der Waals surface area contributed by atoms with Gasteiger partial charge in [-0.15, -0.1) is 0 Å². The normalized spacial score (nSPS) is 14.4. The van der Waals surface area contributed by atoms with E-state index in [2.05, 4.69) is 16.0 Å². The molecule has 0 aliphatic carbocycles. The molecule has 4 atom stereocenters. The van der Waals surface area contributed by atoms with Gasteiger partial charge in [-0.25, -0.2) is 4.79 Å². The number of carboxylic acids is 1. The van der Waals surface area contributed by atoms with Crippen molar-refractivity contribution in [2.45, 2.75) is 44.0 Å². The lowest BCUT2D eigenvalue weighted by Gasteiger charge is -2.25. The number of primary amides is 1. The van der Waals surface area contributed by atoms with Crippen molar-refractivity contribution in [1.29, 1.82) is 0 Å². The van der Waals surface area contributed by atoms with E-state index in [1.54, 1.807) is 30.3 Å². The van der Waals surface area contributed by atoms with Gasteiger partial charge in [0.2, 0.25) is 23.6 Å². The Morgan fingerprint density at radius 1 is 0.968 bits per heavy atom. The second-order valence-electron chi connectivity index (χ2n) is 6.81. The monoisotopic (exact) mass is 437 g/mol. The van der Waals surface area contributed by atoms with Crippen molar-refractivity contribution >= 4 is 29.6 Å². The zero-order chi connectivity index (χ0) is 23.6. The first-order chi connectivity index (χ1) is 14.5. The lowest BCUT2D eigenvalue weighted by molar-refractivity contribution is -0.143.